The highest BCUT2D eigenvalue weighted by molar-refractivity contribution is 6.32. The van der Waals surface area contributed by atoms with Gasteiger partial charge in [0.05, 0.1) is 12.8 Å². The fourth-order valence-electron chi connectivity index (χ4n) is 3.37. The molecule has 4 rings (SSSR count). The summed E-state index contributed by atoms with van der Waals surface area (Å²) in [4.78, 5) is 10.7. The fraction of sp³-hybridized carbons (Fsp3) is 0.273. The predicted molar refractivity (Wildman–Crippen MR) is 124 cm³/mol. The Balaban J connectivity index is 1.57. The van der Waals surface area contributed by atoms with Crippen molar-refractivity contribution in [3.63, 3.8) is 0 Å². The number of anilines is 5. The molecule has 1 aliphatic rings. The molecule has 0 unspecified atom stereocenters. The van der Waals surface area contributed by atoms with Crippen molar-refractivity contribution in [1.82, 2.24) is 9.97 Å². The molecule has 0 bridgehead atoms. The van der Waals surface area contributed by atoms with E-state index < -0.39 is 5.82 Å². The first-order valence-corrected chi connectivity index (χ1v) is 10.5. The molecule has 4 N–H and O–H groups in total. The molecule has 0 saturated carbocycles. The fourth-order valence-corrected chi connectivity index (χ4v) is 3.50. The van der Waals surface area contributed by atoms with Crippen LogP contribution in [0, 0.1) is 5.82 Å². The molecular weight excluding hydrogens is 435 g/mol. The second kappa shape index (κ2) is 9.99. The topological polar surface area (TPSA) is 97.6 Å². The maximum Gasteiger partial charge on any atom is 0.229 e. The summed E-state index contributed by atoms with van der Waals surface area (Å²) in [7, 11) is 1.99. The van der Waals surface area contributed by atoms with Gasteiger partial charge in [-0.15, -0.1) is 0 Å². The van der Waals surface area contributed by atoms with Gasteiger partial charge in [-0.3, -0.25) is 0 Å². The molecule has 0 fully saturated rings. The molecule has 0 radical (unpaired) electrons. The number of nitrogens with zero attached hydrogens (tertiary/aromatic N) is 3. The quantitative estimate of drug-likeness (QED) is 0.487. The number of hydrogen-bond acceptors (Lipinski definition) is 8. The van der Waals surface area contributed by atoms with Crippen LogP contribution in [0.25, 0.3) is 0 Å². The summed E-state index contributed by atoms with van der Waals surface area (Å²) in [6, 6.07) is 10.5. The molecule has 0 saturated heterocycles. The lowest BCUT2D eigenvalue weighted by atomic mass is 10.1. The summed E-state index contributed by atoms with van der Waals surface area (Å²) >= 11 is 6.27. The van der Waals surface area contributed by atoms with E-state index in [1.165, 1.54) is 12.3 Å². The van der Waals surface area contributed by atoms with Crippen molar-refractivity contribution in [1.29, 1.82) is 0 Å². The van der Waals surface area contributed by atoms with E-state index in [0.29, 0.717) is 31.6 Å². The second-order valence-corrected chi connectivity index (χ2v) is 7.63. The van der Waals surface area contributed by atoms with E-state index in [-0.39, 0.29) is 23.1 Å². The number of nitrogens with two attached hydrogens (primary N) is 1. The summed E-state index contributed by atoms with van der Waals surface area (Å²) in [5, 5.41) is 6.35. The van der Waals surface area contributed by atoms with Gasteiger partial charge in [0.15, 0.2) is 11.6 Å². The molecule has 0 amide bonds. The van der Waals surface area contributed by atoms with Gasteiger partial charge in [0.1, 0.15) is 29.8 Å². The van der Waals surface area contributed by atoms with Crippen LogP contribution in [-0.4, -0.2) is 43.5 Å². The highest BCUT2D eigenvalue weighted by Gasteiger charge is 2.15. The molecule has 2 heterocycles. The summed E-state index contributed by atoms with van der Waals surface area (Å²) in [5.74, 6) is 0.378. The van der Waals surface area contributed by atoms with Crippen LogP contribution in [0.2, 0.25) is 5.02 Å². The van der Waals surface area contributed by atoms with Gasteiger partial charge in [0, 0.05) is 25.0 Å². The zero-order valence-corrected chi connectivity index (χ0v) is 18.3. The van der Waals surface area contributed by atoms with E-state index in [1.807, 2.05) is 25.2 Å². The van der Waals surface area contributed by atoms with Gasteiger partial charge < -0.3 is 30.7 Å². The van der Waals surface area contributed by atoms with Crippen LogP contribution in [-0.2, 0) is 11.2 Å². The zero-order valence-electron chi connectivity index (χ0n) is 17.6. The zero-order chi connectivity index (χ0) is 22.5. The minimum Gasteiger partial charge on any atom is -0.490 e. The maximum absolute atomic E-state index is 14.5. The first kappa shape index (κ1) is 22.1. The Labute approximate surface area is 190 Å². The Bertz CT molecular complexity index is 1100. The highest BCUT2D eigenvalue weighted by atomic mass is 35.5. The van der Waals surface area contributed by atoms with Gasteiger partial charge in [-0.2, -0.15) is 4.98 Å². The summed E-state index contributed by atoms with van der Waals surface area (Å²) in [5.41, 5.74) is 8.73. The van der Waals surface area contributed by atoms with Gasteiger partial charge in [-0.1, -0.05) is 17.7 Å². The smallest absolute Gasteiger partial charge is 0.229 e. The lowest BCUT2D eigenvalue weighted by Crippen LogP contribution is -2.19. The van der Waals surface area contributed by atoms with E-state index in [0.717, 1.165) is 23.4 Å². The third-order valence-electron chi connectivity index (χ3n) is 4.89. The number of halogens is 2. The number of rotatable bonds is 7. The number of para-hydroxylation sites is 1. The minimum absolute atomic E-state index is 0.126. The number of hydrogen-bond donors (Lipinski definition) is 3. The molecule has 32 heavy (non-hydrogen) atoms. The predicted octanol–water partition coefficient (Wildman–Crippen LogP) is 4.06. The molecule has 0 aliphatic carbocycles. The molecule has 0 atom stereocenters. The first-order chi connectivity index (χ1) is 15.5. The maximum atomic E-state index is 14.5. The van der Waals surface area contributed by atoms with Crippen molar-refractivity contribution in [3.8, 4) is 5.75 Å². The number of nitrogens with one attached hydrogen (secondary N) is 2. The number of aromatic nitrogens is 2. The third-order valence-corrected chi connectivity index (χ3v) is 5.16. The van der Waals surface area contributed by atoms with E-state index in [9.17, 15) is 4.39 Å². The van der Waals surface area contributed by atoms with Crippen LogP contribution in [0.3, 0.4) is 0 Å². The van der Waals surface area contributed by atoms with Crippen LogP contribution < -0.4 is 26.0 Å². The van der Waals surface area contributed by atoms with E-state index in [2.05, 4.69) is 25.5 Å². The molecule has 3 aromatic rings. The lowest BCUT2D eigenvalue weighted by Gasteiger charge is -2.19. The Kier molecular flexibility index (Phi) is 6.89. The second-order valence-electron chi connectivity index (χ2n) is 7.22. The van der Waals surface area contributed by atoms with Gasteiger partial charge in [-0.05, 0) is 42.3 Å². The molecular formula is C22H24ClFN6O2. The monoisotopic (exact) mass is 458 g/mol. The van der Waals surface area contributed by atoms with Crippen molar-refractivity contribution in [2.75, 3.05) is 49.1 Å². The van der Waals surface area contributed by atoms with E-state index in [1.54, 1.807) is 12.1 Å². The lowest BCUT2D eigenvalue weighted by molar-refractivity contribution is 0.145. The van der Waals surface area contributed by atoms with Crippen LogP contribution in [0.1, 0.15) is 5.56 Å². The van der Waals surface area contributed by atoms with Gasteiger partial charge in [0.25, 0.3) is 0 Å². The summed E-state index contributed by atoms with van der Waals surface area (Å²) in [6.07, 6.45) is 2.26. The summed E-state index contributed by atoms with van der Waals surface area (Å²) in [6.45, 7) is 1.77. The molecule has 0 spiro atoms. The average Bonchev–Trinajstić information content (AvgIpc) is 2.97. The average molecular weight is 459 g/mol. The third kappa shape index (κ3) is 5.01. The number of fused-ring (bicyclic) bond motifs is 1. The van der Waals surface area contributed by atoms with Crippen molar-refractivity contribution >= 4 is 40.4 Å². The Morgan fingerprint density at radius 1 is 1.28 bits per heavy atom. The van der Waals surface area contributed by atoms with Gasteiger partial charge >= 0.3 is 0 Å². The van der Waals surface area contributed by atoms with Crippen LogP contribution in [0.4, 0.5) is 33.2 Å². The van der Waals surface area contributed by atoms with Crippen molar-refractivity contribution in [2.24, 2.45) is 5.73 Å². The van der Waals surface area contributed by atoms with Gasteiger partial charge in [-0.25, -0.2) is 9.37 Å². The van der Waals surface area contributed by atoms with Crippen LogP contribution >= 0.6 is 11.6 Å². The standard InChI is InChI=1S/C22H24ClFN6O2/c1-30-13-31-9-7-14-11-15(5-6-18(14)30)27-22-26-12-16(23)21(29-22)28-20-17(24)3-2-4-19(20)32-10-8-25/h2-6,11-12H,7-10,13,25H2,1H3,(H2,26,27,28,29). The largest absolute Gasteiger partial charge is 0.490 e. The van der Waals surface area contributed by atoms with Crippen molar-refractivity contribution in [3.05, 3.63) is 59.0 Å². The molecule has 8 nitrogen and oxygen atoms in total. The SMILES string of the molecule is CN1COCCc2cc(Nc3ncc(Cl)c(Nc4c(F)cccc4OCCN)n3)ccc21. The molecule has 2 aromatic carbocycles. The molecule has 1 aromatic heterocycles. The Morgan fingerprint density at radius 2 is 2.16 bits per heavy atom. The summed E-state index contributed by atoms with van der Waals surface area (Å²) < 4.78 is 25.6. The van der Waals surface area contributed by atoms with Crippen molar-refractivity contribution < 1.29 is 13.9 Å². The normalized spacial score (nSPS) is 13.3. The molecule has 10 heteroatoms. The van der Waals surface area contributed by atoms with Gasteiger partial charge in [0.2, 0.25) is 5.95 Å². The first-order valence-electron chi connectivity index (χ1n) is 10.1. The number of ether oxygens (including phenoxy) is 2. The van der Waals surface area contributed by atoms with Crippen LogP contribution in [0.5, 0.6) is 5.75 Å². The van der Waals surface area contributed by atoms with Crippen molar-refractivity contribution in [2.45, 2.75) is 6.42 Å². The minimum atomic E-state index is -0.499. The van der Waals surface area contributed by atoms with E-state index >= 15 is 0 Å². The Hall–Kier alpha value is -3.14. The van der Waals surface area contributed by atoms with E-state index in [4.69, 9.17) is 26.8 Å². The molecule has 1 aliphatic heterocycles. The van der Waals surface area contributed by atoms with Crippen LogP contribution in [0.15, 0.2) is 42.6 Å². The highest BCUT2D eigenvalue weighted by Crippen LogP contribution is 2.33. The molecule has 168 valence electrons. The number of benzene rings is 2. The Morgan fingerprint density at radius 3 is 3.00 bits per heavy atom.